The molecule has 10 heteroatoms. The zero-order valence-electron chi connectivity index (χ0n) is 26.3. The molecule has 2 aliphatic rings. The number of Topliss-reactive ketones (excluding diaryl/α,β-unsaturated/α-hetero) is 1. The third-order valence-electron chi connectivity index (χ3n) is 8.00. The van der Waals surface area contributed by atoms with E-state index in [4.69, 9.17) is 14.5 Å². The van der Waals surface area contributed by atoms with E-state index in [1.165, 1.54) is 0 Å². The summed E-state index contributed by atoms with van der Waals surface area (Å²) >= 11 is 0. The van der Waals surface area contributed by atoms with E-state index in [9.17, 15) is 9.59 Å². The van der Waals surface area contributed by atoms with Crippen LogP contribution in [0.15, 0.2) is 60.9 Å². The summed E-state index contributed by atoms with van der Waals surface area (Å²) < 4.78 is 12.1. The average molecular weight is 609 g/mol. The largest absolute Gasteiger partial charge is 0.444 e. The van der Waals surface area contributed by atoms with Crippen molar-refractivity contribution < 1.29 is 19.1 Å². The fraction of sp³-hybridized carbons (Fsp3) is 0.400. The number of benzene rings is 2. The second-order valence-electron chi connectivity index (χ2n) is 12.8. The Labute approximate surface area is 263 Å². The van der Waals surface area contributed by atoms with Gasteiger partial charge in [0.25, 0.3) is 0 Å². The van der Waals surface area contributed by atoms with Gasteiger partial charge in [-0.15, -0.1) is 0 Å². The lowest BCUT2D eigenvalue weighted by Crippen LogP contribution is -2.47. The van der Waals surface area contributed by atoms with E-state index in [1.807, 2.05) is 70.2 Å². The number of carbonyl (C=O) groups is 2. The molecule has 2 aromatic carbocycles. The van der Waals surface area contributed by atoms with Gasteiger partial charge in [0.2, 0.25) is 11.8 Å². The van der Waals surface area contributed by atoms with Crippen LogP contribution < -0.4 is 15.4 Å². The molecule has 0 bridgehead atoms. The van der Waals surface area contributed by atoms with Crippen LogP contribution in [0.3, 0.4) is 0 Å². The predicted octanol–water partition coefficient (Wildman–Crippen LogP) is 6.99. The molecule has 1 saturated carbocycles. The molecular weight excluding hydrogens is 568 g/mol. The fourth-order valence-electron chi connectivity index (χ4n) is 5.57. The molecule has 1 amide bonds. The molecule has 2 aromatic heterocycles. The Bertz CT molecular complexity index is 1710. The highest BCUT2D eigenvalue weighted by Crippen LogP contribution is 2.39. The lowest BCUT2D eigenvalue weighted by molar-refractivity contribution is -0.118. The molecule has 45 heavy (non-hydrogen) atoms. The van der Waals surface area contributed by atoms with Crippen LogP contribution in [0.2, 0.25) is 0 Å². The molecule has 2 fully saturated rings. The minimum absolute atomic E-state index is 0.00755. The summed E-state index contributed by atoms with van der Waals surface area (Å²) in [7, 11) is 0. The highest BCUT2D eigenvalue weighted by atomic mass is 16.6. The Kier molecular flexibility index (Phi) is 8.56. The van der Waals surface area contributed by atoms with Crippen LogP contribution in [0.5, 0.6) is 11.6 Å². The first-order valence-electron chi connectivity index (χ1n) is 15.6. The minimum Gasteiger partial charge on any atom is -0.444 e. The van der Waals surface area contributed by atoms with Gasteiger partial charge in [0.15, 0.2) is 5.78 Å². The molecule has 1 saturated heterocycles. The number of fused-ring (bicyclic) bond motifs is 1. The number of ketones is 1. The van der Waals surface area contributed by atoms with Crippen molar-refractivity contribution in [1.29, 1.82) is 0 Å². The van der Waals surface area contributed by atoms with Crippen LogP contribution in [0.1, 0.15) is 52.0 Å². The molecule has 1 aliphatic carbocycles. The van der Waals surface area contributed by atoms with Gasteiger partial charge in [-0.2, -0.15) is 0 Å². The fourth-order valence-corrected chi connectivity index (χ4v) is 5.57. The van der Waals surface area contributed by atoms with E-state index in [0.29, 0.717) is 42.9 Å². The number of hydrogen-bond donors (Lipinski definition) is 2. The van der Waals surface area contributed by atoms with Gasteiger partial charge in [-0.05, 0) is 83.2 Å². The number of aryl methyl sites for hydroxylation is 1. The second kappa shape index (κ2) is 12.7. The Morgan fingerprint density at radius 1 is 0.978 bits per heavy atom. The summed E-state index contributed by atoms with van der Waals surface area (Å²) in [5.41, 5.74) is 2.70. The van der Waals surface area contributed by atoms with Crippen LogP contribution in [-0.2, 0) is 9.53 Å². The number of hydrogen-bond acceptors (Lipinski definition) is 9. The van der Waals surface area contributed by atoms with Crippen molar-refractivity contribution in [3.05, 3.63) is 66.5 Å². The molecule has 6 rings (SSSR count). The highest BCUT2D eigenvalue weighted by molar-refractivity contribution is 6.00. The molecule has 2 N–H and O–H groups in total. The maximum Gasteiger partial charge on any atom is 0.410 e. The maximum absolute atomic E-state index is 12.7. The summed E-state index contributed by atoms with van der Waals surface area (Å²) in [5.74, 6) is 2.06. The number of pyridine rings is 1. The van der Waals surface area contributed by atoms with E-state index >= 15 is 0 Å². The van der Waals surface area contributed by atoms with Gasteiger partial charge in [0, 0.05) is 53.9 Å². The quantitative estimate of drug-likeness (QED) is 0.207. The number of likely N-dealkylation sites (tertiary alicyclic amines) is 1. The summed E-state index contributed by atoms with van der Waals surface area (Å²) in [6.07, 6.45) is 6.84. The highest BCUT2D eigenvalue weighted by Gasteiger charge is 2.29. The van der Waals surface area contributed by atoms with Crippen molar-refractivity contribution in [3.63, 3.8) is 0 Å². The normalized spacial score (nSPS) is 16.7. The number of aromatic nitrogens is 3. The van der Waals surface area contributed by atoms with Crippen LogP contribution in [0.4, 0.5) is 16.4 Å². The SMILES string of the molecule is Cc1ccc2c(NCC(=O)C3CC3)cccc2c1Oc1ncccc1-c1ccnc(N[C@H]2CCCN(C(=O)OC(C)(C)C)C2)n1. The molecule has 1 atom stereocenters. The third kappa shape index (κ3) is 7.33. The van der Waals surface area contributed by atoms with Crippen LogP contribution in [0.25, 0.3) is 22.0 Å². The predicted molar refractivity (Wildman–Crippen MR) is 175 cm³/mol. The second-order valence-corrected chi connectivity index (χ2v) is 12.8. The molecule has 3 heterocycles. The van der Waals surface area contributed by atoms with E-state index in [0.717, 1.165) is 53.3 Å². The van der Waals surface area contributed by atoms with Gasteiger partial charge in [-0.3, -0.25) is 4.79 Å². The zero-order chi connectivity index (χ0) is 31.6. The van der Waals surface area contributed by atoms with E-state index in [1.54, 1.807) is 17.3 Å². The molecule has 0 unspecified atom stereocenters. The van der Waals surface area contributed by atoms with Gasteiger partial charge in [0.1, 0.15) is 11.4 Å². The van der Waals surface area contributed by atoms with Crippen molar-refractivity contribution in [2.45, 2.75) is 65.0 Å². The van der Waals surface area contributed by atoms with Gasteiger partial charge < -0.3 is 25.0 Å². The average Bonchev–Trinajstić information content (AvgIpc) is 3.87. The van der Waals surface area contributed by atoms with Crippen molar-refractivity contribution in [3.8, 4) is 22.9 Å². The Morgan fingerprint density at radius 2 is 1.82 bits per heavy atom. The lowest BCUT2D eigenvalue weighted by Gasteiger charge is -2.34. The number of ether oxygens (including phenoxy) is 2. The van der Waals surface area contributed by atoms with E-state index in [2.05, 4.69) is 26.7 Å². The topological polar surface area (TPSA) is 119 Å². The summed E-state index contributed by atoms with van der Waals surface area (Å²) in [5, 5.41) is 8.65. The Morgan fingerprint density at radius 3 is 2.62 bits per heavy atom. The summed E-state index contributed by atoms with van der Waals surface area (Å²) in [4.78, 5) is 40.6. The first kappa shape index (κ1) is 30.3. The van der Waals surface area contributed by atoms with Crippen molar-refractivity contribution in [2.24, 2.45) is 5.92 Å². The van der Waals surface area contributed by atoms with E-state index < -0.39 is 5.60 Å². The van der Waals surface area contributed by atoms with Crippen molar-refractivity contribution >= 4 is 34.3 Å². The van der Waals surface area contributed by atoms with Gasteiger partial charge in [0.05, 0.1) is 17.8 Å². The number of anilines is 2. The molecule has 234 valence electrons. The van der Waals surface area contributed by atoms with Crippen LogP contribution >= 0.6 is 0 Å². The molecule has 10 nitrogen and oxygen atoms in total. The number of carbonyl (C=O) groups excluding carboxylic acids is 2. The van der Waals surface area contributed by atoms with E-state index in [-0.39, 0.29) is 23.8 Å². The number of nitrogens with zero attached hydrogens (tertiary/aromatic N) is 4. The van der Waals surface area contributed by atoms with Crippen molar-refractivity contribution in [1.82, 2.24) is 19.9 Å². The minimum atomic E-state index is -0.544. The zero-order valence-corrected chi connectivity index (χ0v) is 26.3. The van der Waals surface area contributed by atoms with Gasteiger partial charge >= 0.3 is 6.09 Å². The molecular formula is C35H40N6O4. The Balaban J connectivity index is 1.22. The first-order chi connectivity index (χ1) is 21.6. The monoisotopic (exact) mass is 608 g/mol. The smallest absolute Gasteiger partial charge is 0.410 e. The third-order valence-corrected chi connectivity index (χ3v) is 8.00. The molecule has 0 spiro atoms. The molecule has 0 radical (unpaired) electrons. The number of rotatable bonds is 9. The summed E-state index contributed by atoms with van der Waals surface area (Å²) in [6, 6.07) is 15.7. The van der Waals surface area contributed by atoms with Crippen LogP contribution in [0, 0.1) is 12.8 Å². The lowest BCUT2D eigenvalue weighted by atomic mass is 10.0. The van der Waals surface area contributed by atoms with Gasteiger partial charge in [-0.1, -0.05) is 24.3 Å². The van der Waals surface area contributed by atoms with Crippen molar-refractivity contribution in [2.75, 3.05) is 30.3 Å². The molecule has 1 aliphatic heterocycles. The number of nitrogens with one attached hydrogen (secondary N) is 2. The number of amides is 1. The standard InChI is InChI=1S/C35H40N6O4/c1-22-12-15-25-26(9-5-11-28(25)38-20-30(42)23-13-14-23)31(22)44-32-27(10-6-17-36-32)29-16-18-37-33(40-29)39-24-8-7-19-41(21-24)34(43)45-35(2,3)4/h5-6,9-12,15-18,23-24,38H,7-8,13-14,19-21H2,1-4H3,(H,37,39,40)/t24-/m0/s1. The van der Waals surface area contributed by atoms with Gasteiger partial charge in [-0.25, -0.2) is 19.7 Å². The summed E-state index contributed by atoms with van der Waals surface area (Å²) in [6.45, 7) is 9.11. The Hall–Kier alpha value is -4.73. The maximum atomic E-state index is 12.7. The first-order valence-corrected chi connectivity index (χ1v) is 15.6. The van der Waals surface area contributed by atoms with Crippen LogP contribution in [-0.4, -0.2) is 63.0 Å². The number of piperidine rings is 1. The molecule has 4 aromatic rings.